The maximum absolute atomic E-state index is 10.5. The van der Waals surface area contributed by atoms with Crippen molar-refractivity contribution in [3.63, 3.8) is 0 Å². The minimum atomic E-state index is -0.725. The quantitative estimate of drug-likeness (QED) is 0.637. The van der Waals surface area contributed by atoms with Gasteiger partial charge in [0.1, 0.15) is 0 Å². The smallest absolute Gasteiger partial charge is 0.306 e. The summed E-state index contributed by atoms with van der Waals surface area (Å²) >= 11 is 0. The highest BCUT2D eigenvalue weighted by Crippen LogP contribution is 2.02. The molecule has 0 heterocycles. The molecule has 0 saturated heterocycles. The summed E-state index contributed by atoms with van der Waals surface area (Å²) < 4.78 is 0. The number of carboxylic acid groups (broad SMARTS) is 1. The highest BCUT2D eigenvalue weighted by Gasteiger charge is 2.07. The van der Waals surface area contributed by atoms with Gasteiger partial charge in [-0.15, -0.1) is 0 Å². The van der Waals surface area contributed by atoms with Crippen molar-refractivity contribution in [3.05, 3.63) is 12.2 Å². The van der Waals surface area contributed by atoms with E-state index in [4.69, 9.17) is 5.11 Å². The van der Waals surface area contributed by atoms with Gasteiger partial charge in [0.15, 0.2) is 0 Å². The summed E-state index contributed by atoms with van der Waals surface area (Å²) in [5.74, 6) is -1.00. The maximum Gasteiger partial charge on any atom is 0.306 e. The molecule has 0 aliphatic heterocycles. The van der Waals surface area contributed by atoms with Crippen molar-refractivity contribution in [2.24, 2.45) is 5.92 Å². The second-order valence-electron chi connectivity index (χ2n) is 3.71. The number of hydrogen-bond acceptors (Lipinski definition) is 2. The van der Waals surface area contributed by atoms with E-state index in [1.165, 1.54) is 0 Å². The van der Waals surface area contributed by atoms with Crippen molar-refractivity contribution in [2.75, 3.05) is 20.1 Å². The van der Waals surface area contributed by atoms with Gasteiger partial charge in [-0.1, -0.05) is 26.0 Å². The first kappa shape index (κ1) is 13.2. The van der Waals surface area contributed by atoms with E-state index in [1.807, 2.05) is 12.2 Å². The van der Waals surface area contributed by atoms with Crippen molar-refractivity contribution in [1.29, 1.82) is 0 Å². The Hall–Kier alpha value is -0.830. The summed E-state index contributed by atoms with van der Waals surface area (Å²) in [4.78, 5) is 12.7. The van der Waals surface area contributed by atoms with Gasteiger partial charge in [-0.05, 0) is 26.4 Å². The molecule has 0 saturated carbocycles. The molecule has 3 nitrogen and oxygen atoms in total. The number of allylic oxidation sites excluding steroid dienone is 1. The number of likely N-dealkylation sites (N-methyl/N-ethyl adjacent to an activating group) is 1. The number of aliphatic carboxylic acids is 1. The Morgan fingerprint density at radius 2 is 2.14 bits per heavy atom. The van der Waals surface area contributed by atoms with Crippen LogP contribution in [-0.2, 0) is 4.79 Å². The van der Waals surface area contributed by atoms with Crippen LogP contribution in [-0.4, -0.2) is 36.1 Å². The second-order valence-corrected chi connectivity index (χ2v) is 3.71. The van der Waals surface area contributed by atoms with E-state index in [0.717, 1.165) is 19.5 Å². The molecule has 0 radical (unpaired) electrons. The third-order valence-corrected chi connectivity index (χ3v) is 2.10. The average molecular weight is 199 g/mol. The van der Waals surface area contributed by atoms with Crippen molar-refractivity contribution in [1.82, 2.24) is 4.90 Å². The van der Waals surface area contributed by atoms with E-state index in [0.29, 0.717) is 6.42 Å². The first-order valence-electron chi connectivity index (χ1n) is 5.14. The van der Waals surface area contributed by atoms with Gasteiger partial charge >= 0.3 is 5.97 Å². The summed E-state index contributed by atoms with van der Waals surface area (Å²) in [7, 11) is 2.06. The number of rotatable bonds is 7. The van der Waals surface area contributed by atoms with Gasteiger partial charge in [-0.3, -0.25) is 4.79 Å². The predicted octanol–water partition coefficient (Wildman–Crippen LogP) is 2.00. The van der Waals surface area contributed by atoms with Gasteiger partial charge in [0, 0.05) is 6.54 Å². The van der Waals surface area contributed by atoms with Gasteiger partial charge in [-0.25, -0.2) is 0 Å². The first-order valence-corrected chi connectivity index (χ1v) is 5.14. The molecule has 0 aromatic carbocycles. The lowest BCUT2D eigenvalue weighted by Crippen LogP contribution is -2.18. The van der Waals surface area contributed by atoms with Gasteiger partial charge in [0.05, 0.1) is 5.92 Å². The van der Waals surface area contributed by atoms with Crippen molar-refractivity contribution in [2.45, 2.75) is 26.7 Å². The molecular formula is C11H21NO2. The molecule has 0 amide bonds. The van der Waals surface area contributed by atoms with Crippen LogP contribution >= 0.6 is 0 Å². The molecule has 14 heavy (non-hydrogen) atoms. The summed E-state index contributed by atoms with van der Waals surface area (Å²) in [5, 5.41) is 8.63. The normalized spacial score (nSPS) is 13.7. The SMILES string of the molecule is CCCN(C)C/C=C/CC(C)C(=O)O. The van der Waals surface area contributed by atoms with Gasteiger partial charge in [-0.2, -0.15) is 0 Å². The van der Waals surface area contributed by atoms with Gasteiger partial charge in [0.25, 0.3) is 0 Å². The molecule has 0 rings (SSSR count). The molecule has 0 bridgehead atoms. The lowest BCUT2D eigenvalue weighted by Gasteiger charge is -2.11. The first-order chi connectivity index (χ1) is 6.57. The summed E-state index contributed by atoms with van der Waals surface area (Å²) in [6, 6.07) is 0. The van der Waals surface area contributed by atoms with Gasteiger partial charge < -0.3 is 10.0 Å². The van der Waals surface area contributed by atoms with Crippen molar-refractivity contribution >= 4 is 5.97 Å². The Bertz CT molecular complexity index is 190. The van der Waals surface area contributed by atoms with Gasteiger partial charge in [0.2, 0.25) is 0 Å². The monoisotopic (exact) mass is 199 g/mol. The van der Waals surface area contributed by atoms with Crippen LogP contribution in [0.3, 0.4) is 0 Å². The Morgan fingerprint density at radius 1 is 1.50 bits per heavy atom. The Morgan fingerprint density at radius 3 is 2.64 bits per heavy atom. The lowest BCUT2D eigenvalue weighted by atomic mass is 10.1. The zero-order valence-electron chi connectivity index (χ0n) is 9.36. The maximum atomic E-state index is 10.5. The summed E-state index contributed by atoms with van der Waals surface area (Å²) in [6.07, 6.45) is 5.76. The van der Waals surface area contributed by atoms with Crippen LogP contribution in [0.1, 0.15) is 26.7 Å². The molecule has 0 aromatic rings. The highest BCUT2D eigenvalue weighted by atomic mass is 16.4. The van der Waals surface area contributed by atoms with Crippen LogP contribution in [0.4, 0.5) is 0 Å². The Kier molecular flexibility index (Phi) is 7.11. The van der Waals surface area contributed by atoms with E-state index in [2.05, 4.69) is 18.9 Å². The number of carbonyl (C=O) groups is 1. The Balaban J connectivity index is 3.58. The molecule has 0 spiro atoms. The standard InChI is InChI=1S/C11H21NO2/c1-4-8-12(3)9-6-5-7-10(2)11(13)14/h5-6,10H,4,7-9H2,1-3H3,(H,13,14)/b6-5+. The fourth-order valence-electron chi connectivity index (χ4n) is 1.13. The Labute approximate surface area is 86.4 Å². The minimum absolute atomic E-state index is 0.275. The summed E-state index contributed by atoms with van der Waals surface area (Å²) in [6.45, 7) is 5.86. The van der Waals surface area contributed by atoms with E-state index >= 15 is 0 Å². The van der Waals surface area contributed by atoms with Crippen LogP contribution in [0.15, 0.2) is 12.2 Å². The highest BCUT2D eigenvalue weighted by molar-refractivity contribution is 5.69. The topological polar surface area (TPSA) is 40.5 Å². The van der Waals surface area contributed by atoms with E-state index in [-0.39, 0.29) is 5.92 Å². The average Bonchev–Trinajstić information content (AvgIpc) is 2.12. The summed E-state index contributed by atoms with van der Waals surface area (Å²) in [5.41, 5.74) is 0. The molecule has 3 heteroatoms. The zero-order valence-corrected chi connectivity index (χ0v) is 9.36. The molecule has 0 aliphatic carbocycles. The third-order valence-electron chi connectivity index (χ3n) is 2.10. The second kappa shape index (κ2) is 7.56. The van der Waals surface area contributed by atoms with Crippen LogP contribution in [0.2, 0.25) is 0 Å². The van der Waals surface area contributed by atoms with Crippen LogP contribution in [0, 0.1) is 5.92 Å². The van der Waals surface area contributed by atoms with E-state index < -0.39 is 5.97 Å². The van der Waals surface area contributed by atoms with Crippen molar-refractivity contribution in [3.8, 4) is 0 Å². The minimum Gasteiger partial charge on any atom is -0.481 e. The number of carboxylic acids is 1. The number of nitrogens with zero attached hydrogens (tertiary/aromatic N) is 1. The lowest BCUT2D eigenvalue weighted by molar-refractivity contribution is -0.140. The molecule has 1 atom stereocenters. The molecule has 0 aromatic heterocycles. The van der Waals surface area contributed by atoms with E-state index in [1.54, 1.807) is 6.92 Å². The molecule has 1 unspecified atom stereocenters. The molecule has 0 aliphatic rings. The number of hydrogen-bond donors (Lipinski definition) is 1. The fraction of sp³-hybridized carbons (Fsp3) is 0.727. The largest absolute Gasteiger partial charge is 0.481 e. The van der Waals surface area contributed by atoms with E-state index in [9.17, 15) is 4.79 Å². The molecule has 0 fully saturated rings. The molecule has 1 N–H and O–H groups in total. The predicted molar refractivity (Wildman–Crippen MR) is 58.3 cm³/mol. The van der Waals surface area contributed by atoms with Crippen LogP contribution < -0.4 is 0 Å². The molecular weight excluding hydrogens is 178 g/mol. The van der Waals surface area contributed by atoms with Crippen LogP contribution in [0.25, 0.3) is 0 Å². The van der Waals surface area contributed by atoms with Crippen molar-refractivity contribution < 1.29 is 9.90 Å². The van der Waals surface area contributed by atoms with Crippen LogP contribution in [0.5, 0.6) is 0 Å². The molecule has 82 valence electrons. The fourth-order valence-corrected chi connectivity index (χ4v) is 1.13. The zero-order chi connectivity index (χ0) is 11.0. The third kappa shape index (κ3) is 6.66.